The van der Waals surface area contributed by atoms with Crippen molar-refractivity contribution in [3.63, 3.8) is 0 Å². The molecule has 1 N–H and O–H groups in total. The fraction of sp³-hybridized carbons (Fsp3) is 0.235. The third-order valence-electron chi connectivity index (χ3n) is 3.03. The van der Waals surface area contributed by atoms with Gasteiger partial charge in [-0.1, -0.05) is 35.9 Å². The lowest BCUT2D eigenvalue weighted by atomic mass is 10.2. The molecular weight excluding hydrogens is 302 g/mol. The maximum atomic E-state index is 11.8. The number of carbonyl (C=O) groups excluding carboxylic acids is 1. The molecule has 0 saturated heterocycles. The quantitative estimate of drug-likeness (QED) is 0.850. The summed E-state index contributed by atoms with van der Waals surface area (Å²) in [6.45, 7) is 0.746. The van der Waals surface area contributed by atoms with E-state index in [9.17, 15) is 4.79 Å². The summed E-state index contributed by atoms with van der Waals surface area (Å²) >= 11 is 5.90. The van der Waals surface area contributed by atoms with E-state index in [1.54, 1.807) is 13.2 Å². The van der Waals surface area contributed by atoms with Crippen molar-refractivity contribution < 1.29 is 14.3 Å². The fourth-order valence-electron chi connectivity index (χ4n) is 1.93. The second kappa shape index (κ2) is 8.29. The highest BCUT2D eigenvalue weighted by atomic mass is 35.5. The van der Waals surface area contributed by atoms with Crippen LogP contribution in [0.5, 0.6) is 11.5 Å². The van der Waals surface area contributed by atoms with Gasteiger partial charge >= 0.3 is 0 Å². The van der Waals surface area contributed by atoms with Crippen LogP contribution in [-0.2, 0) is 11.3 Å². The van der Waals surface area contributed by atoms with Crippen LogP contribution < -0.4 is 14.8 Å². The lowest BCUT2D eigenvalue weighted by molar-refractivity contribution is -0.121. The Morgan fingerprint density at radius 3 is 2.64 bits per heavy atom. The van der Waals surface area contributed by atoms with Crippen molar-refractivity contribution in [1.82, 2.24) is 5.32 Å². The molecule has 2 aromatic carbocycles. The average molecular weight is 320 g/mol. The van der Waals surface area contributed by atoms with Gasteiger partial charge < -0.3 is 14.8 Å². The minimum absolute atomic E-state index is 0.0742. The number of benzene rings is 2. The first-order valence-corrected chi connectivity index (χ1v) is 7.34. The molecule has 2 rings (SSSR count). The zero-order chi connectivity index (χ0) is 15.8. The molecule has 5 heteroatoms. The zero-order valence-electron chi connectivity index (χ0n) is 12.3. The number of amides is 1. The second-order valence-electron chi connectivity index (χ2n) is 4.66. The van der Waals surface area contributed by atoms with Gasteiger partial charge in [-0.25, -0.2) is 0 Å². The molecule has 22 heavy (non-hydrogen) atoms. The minimum atomic E-state index is -0.0742. The lowest BCUT2D eigenvalue weighted by Gasteiger charge is -2.10. The van der Waals surface area contributed by atoms with E-state index in [0.29, 0.717) is 29.7 Å². The van der Waals surface area contributed by atoms with Gasteiger partial charge in [0, 0.05) is 11.6 Å². The fourth-order valence-corrected chi connectivity index (χ4v) is 2.14. The van der Waals surface area contributed by atoms with Crippen molar-refractivity contribution in [1.29, 1.82) is 0 Å². The number of rotatable bonds is 7. The molecule has 0 spiro atoms. The molecule has 0 fully saturated rings. The van der Waals surface area contributed by atoms with Crippen molar-refractivity contribution in [2.45, 2.75) is 13.0 Å². The number of methoxy groups -OCH3 is 1. The van der Waals surface area contributed by atoms with Crippen LogP contribution in [0.3, 0.4) is 0 Å². The van der Waals surface area contributed by atoms with Crippen LogP contribution in [0.25, 0.3) is 0 Å². The van der Waals surface area contributed by atoms with Gasteiger partial charge in [0.25, 0.3) is 0 Å². The second-order valence-corrected chi connectivity index (χ2v) is 5.09. The van der Waals surface area contributed by atoms with E-state index in [4.69, 9.17) is 21.1 Å². The average Bonchev–Trinajstić information content (AvgIpc) is 2.53. The van der Waals surface area contributed by atoms with Crippen LogP contribution in [0.1, 0.15) is 12.0 Å². The summed E-state index contributed by atoms with van der Waals surface area (Å²) in [5.41, 5.74) is 0.964. The Bertz CT molecular complexity index is 631. The van der Waals surface area contributed by atoms with Gasteiger partial charge in [-0.15, -0.1) is 0 Å². The summed E-state index contributed by atoms with van der Waals surface area (Å²) < 4.78 is 10.7. The van der Waals surface area contributed by atoms with Gasteiger partial charge in [-0.3, -0.25) is 4.79 Å². The van der Waals surface area contributed by atoms with Crippen molar-refractivity contribution in [2.24, 2.45) is 0 Å². The summed E-state index contributed by atoms with van der Waals surface area (Å²) in [6.07, 6.45) is 0.276. The maximum absolute atomic E-state index is 11.8. The van der Waals surface area contributed by atoms with Crippen molar-refractivity contribution in [2.75, 3.05) is 13.7 Å². The highest BCUT2D eigenvalue weighted by molar-refractivity contribution is 6.30. The largest absolute Gasteiger partial charge is 0.493 e. The molecule has 0 atom stereocenters. The van der Waals surface area contributed by atoms with Gasteiger partial charge in [0.2, 0.25) is 5.91 Å². The van der Waals surface area contributed by atoms with E-state index < -0.39 is 0 Å². The number of nitrogens with one attached hydrogen (secondary N) is 1. The molecule has 2 aromatic rings. The van der Waals surface area contributed by atoms with Crippen molar-refractivity contribution in [3.05, 3.63) is 59.1 Å². The van der Waals surface area contributed by atoms with Gasteiger partial charge in [-0.05, 0) is 29.8 Å². The molecule has 1 amide bonds. The number of halogens is 1. The minimum Gasteiger partial charge on any atom is -0.493 e. The number of hydrogen-bond donors (Lipinski definition) is 1. The van der Waals surface area contributed by atoms with E-state index in [0.717, 1.165) is 5.56 Å². The molecule has 0 aliphatic carbocycles. The Hall–Kier alpha value is -2.20. The maximum Gasteiger partial charge on any atom is 0.223 e. The predicted octanol–water partition coefficient (Wildman–Crippen LogP) is 3.43. The molecule has 0 radical (unpaired) electrons. The molecule has 116 valence electrons. The van der Waals surface area contributed by atoms with Crippen LogP contribution in [0.15, 0.2) is 48.5 Å². The highest BCUT2D eigenvalue weighted by Crippen LogP contribution is 2.25. The highest BCUT2D eigenvalue weighted by Gasteiger charge is 2.05. The first kappa shape index (κ1) is 16.2. The molecule has 0 saturated carbocycles. The summed E-state index contributed by atoms with van der Waals surface area (Å²) in [5.74, 6) is 1.21. The summed E-state index contributed by atoms with van der Waals surface area (Å²) in [7, 11) is 1.58. The van der Waals surface area contributed by atoms with E-state index in [2.05, 4.69) is 5.32 Å². The smallest absolute Gasteiger partial charge is 0.223 e. The van der Waals surface area contributed by atoms with E-state index >= 15 is 0 Å². The number of para-hydroxylation sites is 2. The van der Waals surface area contributed by atoms with Crippen LogP contribution in [0.2, 0.25) is 5.02 Å². The molecule has 0 unspecified atom stereocenters. The van der Waals surface area contributed by atoms with Crippen LogP contribution in [0, 0.1) is 0 Å². The van der Waals surface area contributed by atoms with Crippen LogP contribution >= 0.6 is 11.6 Å². The number of carbonyl (C=O) groups is 1. The molecule has 0 heterocycles. The van der Waals surface area contributed by atoms with E-state index in [1.165, 1.54) is 0 Å². The first-order valence-electron chi connectivity index (χ1n) is 6.96. The number of ether oxygens (including phenoxy) is 2. The van der Waals surface area contributed by atoms with Crippen molar-refractivity contribution >= 4 is 17.5 Å². The van der Waals surface area contributed by atoms with Crippen LogP contribution in [0.4, 0.5) is 0 Å². The Labute approximate surface area is 135 Å². The lowest BCUT2D eigenvalue weighted by Crippen LogP contribution is -2.24. The summed E-state index contributed by atoms with van der Waals surface area (Å²) in [6, 6.07) is 14.7. The monoisotopic (exact) mass is 319 g/mol. The van der Waals surface area contributed by atoms with Gasteiger partial charge in [0.1, 0.15) is 0 Å². The van der Waals surface area contributed by atoms with E-state index in [-0.39, 0.29) is 12.3 Å². The molecule has 0 aliphatic rings. The molecular formula is C17H18ClNO3. The van der Waals surface area contributed by atoms with Gasteiger partial charge in [-0.2, -0.15) is 0 Å². The third-order valence-corrected chi connectivity index (χ3v) is 3.27. The van der Waals surface area contributed by atoms with Gasteiger partial charge in [0.05, 0.1) is 20.1 Å². The normalized spacial score (nSPS) is 10.1. The summed E-state index contributed by atoms with van der Waals surface area (Å²) in [5, 5.41) is 3.49. The third kappa shape index (κ3) is 4.97. The molecule has 0 bridgehead atoms. The Morgan fingerprint density at radius 1 is 1.14 bits per heavy atom. The molecule has 0 aliphatic heterocycles. The van der Waals surface area contributed by atoms with E-state index in [1.807, 2.05) is 42.5 Å². The summed E-state index contributed by atoms with van der Waals surface area (Å²) in [4.78, 5) is 11.8. The van der Waals surface area contributed by atoms with Crippen LogP contribution in [-0.4, -0.2) is 19.6 Å². The Morgan fingerprint density at radius 2 is 1.91 bits per heavy atom. The molecule has 0 aromatic heterocycles. The van der Waals surface area contributed by atoms with Crippen molar-refractivity contribution in [3.8, 4) is 11.5 Å². The Balaban J connectivity index is 1.74. The standard InChI is InChI=1S/C17H18ClNO3/c1-21-15-7-2-3-8-16(15)22-10-9-17(20)19-12-13-5-4-6-14(18)11-13/h2-8,11H,9-10,12H2,1H3,(H,19,20). The Kier molecular flexibility index (Phi) is 6.10. The predicted molar refractivity (Wildman–Crippen MR) is 86.4 cm³/mol. The molecule has 4 nitrogen and oxygen atoms in total. The number of hydrogen-bond acceptors (Lipinski definition) is 3. The zero-order valence-corrected chi connectivity index (χ0v) is 13.1. The first-order chi connectivity index (χ1) is 10.7. The SMILES string of the molecule is COc1ccccc1OCCC(=O)NCc1cccc(Cl)c1. The topological polar surface area (TPSA) is 47.6 Å². The van der Waals surface area contributed by atoms with Gasteiger partial charge in [0.15, 0.2) is 11.5 Å².